The topological polar surface area (TPSA) is 44.4 Å². The van der Waals surface area contributed by atoms with Crippen molar-refractivity contribution in [1.82, 2.24) is 15.5 Å². The van der Waals surface area contributed by atoms with Gasteiger partial charge in [0.25, 0.3) is 0 Å². The lowest BCUT2D eigenvalue weighted by molar-refractivity contribution is -0.128. The Morgan fingerprint density at radius 2 is 2.22 bits per heavy atom. The zero-order chi connectivity index (χ0) is 13.8. The molecule has 0 aliphatic carbocycles. The van der Waals surface area contributed by atoms with Crippen LogP contribution in [-0.2, 0) is 4.79 Å². The molecule has 1 saturated heterocycles. The standard InChI is InChI=1S/C14H29N3O/c1-6-14(3,4)16-13(18)11(2)17(5)12-8-7-9-15-10-12/h11-12,15H,6-10H2,1-5H3,(H,16,18). The summed E-state index contributed by atoms with van der Waals surface area (Å²) in [7, 11) is 2.06. The molecule has 0 aromatic heterocycles. The van der Waals surface area contributed by atoms with E-state index in [0.29, 0.717) is 6.04 Å². The highest BCUT2D eigenvalue weighted by Gasteiger charge is 2.28. The van der Waals surface area contributed by atoms with Gasteiger partial charge in [-0.3, -0.25) is 9.69 Å². The summed E-state index contributed by atoms with van der Waals surface area (Å²) in [6.45, 7) is 10.3. The Kier molecular flexibility index (Phi) is 5.60. The Labute approximate surface area is 111 Å². The van der Waals surface area contributed by atoms with Crippen LogP contribution in [0.5, 0.6) is 0 Å². The molecule has 106 valence electrons. The van der Waals surface area contributed by atoms with Crippen LogP contribution in [0.4, 0.5) is 0 Å². The average molecular weight is 255 g/mol. The number of nitrogens with one attached hydrogen (secondary N) is 2. The summed E-state index contributed by atoms with van der Waals surface area (Å²) >= 11 is 0. The maximum absolute atomic E-state index is 12.2. The zero-order valence-electron chi connectivity index (χ0n) is 12.5. The highest BCUT2D eigenvalue weighted by molar-refractivity contribution is 5.82. The summed E-state index contributed by atoms with van der Waals surface area (Å²) in [5.41, 5.74) is -0.114. The van der Waals surface area contributed by atoms with Crippen LogP contribution < -0.4 is 10.6 Å². The van der Waals surface area contributed by atoms with Gasteiger partial charge in [-0.15, -0.1) is 0 Å². The summed E-state index contributed by atoms with van der Waals surface area (Å²) in [4.78, 5) is 14.4. The van der Waals surface area contributed by atoms with Crippen molar-refractivity contribution in [2.24, 2.45) is 0 Å². The maximum atomic E-state index is 12.2. The minimum atomic E-state index is -0.114. The molecule has 0 bridgehead atoms. The van der Waals surface area contributed by atoms with E-state index in [1.54, 1.807) is 0 Å². The number of carbonyl (C=O) groups is 1. The second-order valence-electron chi connectivity index (χ2n) is 6.07. The van der Waals surface area contributed by atoms with Crippen molar-refractivity contribution in [3.63, 3.8) is 0 Å². The van der Waals surface area contributed by atoms with Crippen molar-refractivity contribution >= 4 is 5.91 Å². The third-order valence-electron chi connectivity index (χ3n) is 4.18. The van der Waals surface area contributed by atoms with Gasteiger partial charge < -0.3 is 10.6 Å². The van der Waals surface area contributed by atoms with Gasteiger partial charge in [-0.25, -0.2) is 0 Å². The van der Waals surface area contributed by atoms with Gasteiger partial charge in [0, 0.05) is 18.1 Å². The molecule has 0 spiro atoms. The number of carbonyl (C=O) groups excluding carboxylic acids is 1. The first-order chi connectivity index (χ1) is 8.37. The molecule has 0 saturated carbocycles. The van der Waals surface area contributed by atoms with Crippen molar-refractivity contribution < 1.29 is 4.79 Å². The molecule has 1 heterocycles. The van der Waals surface area contributed by atoms with E-state index in [-0.39, 0.29) is 17.5 Å². The SMILES string of the molecule is CCC(C)(C)NC(=O)C(C)N(C)C1CCCNC1. The number of nitrogens with zero attached hydrogens (tertiary/aromatic N) is 1. The Bertz CT molecular complexity index is 272. The minimum Gasteiger partial charge on any atom is -0.350 e. The van der Waals surface area contributed by atoms with Crippen LogP contribution in [0.2, 0.25) is 0 Å². The van der Waals surface area contributed by atoms with E-state index in [2.05, 4.69) is 43.4 Å². The highest BCUT2D eigenvalue weighted by atomic mass is 16.2. The third kappa shape index (κ3) is 4.25. The van der Waals surface area contributed by atoms with E-state index >= 15 is 0 Å². The van der Waals surface area contributed by atoms with Crippen molar-refractivity contribution in [2.45, 2.75) is 64.6 Å². The van der Waals surface area contributed by atoms with Crippen molar-refractivity contribution in [1.29, 1.82) is 0 Å². The molecule has 1 aliphatic rings. The average Bonchev–Trinajstić information content (AvgIpc) is 2.37. The Morgan fingerprint density at radius 1 is 1.56 bits per heavy atom. The van der Waals surface area contributed by atoms with Crippen LogP contribution in [0.15, 0.2) is 0 Å². The molecule has 1 aliphatic heterocycles. The van der Waals surface area contributed by atoms with Gasteiger partial charge in [0.05, 0.1) is 6.04 Å². The van der Waals surface area contributed by atoms with Gasteiger partial charge >= 0.3 is 0 Å². The molecular formula is C14H29N3O. The number of amides is 1. The monoisotopic (exact) mass is 255 g/mol. The summed E-state index contributed by atoms with van der Waals surface area (Å²) in [5.74, 6) is 0.134. The van der Waals surface area contributed by atoms with E-state index < -0.39 is 0 Å². The normalized spacial score (nSPS) is 22.9. The molecule has 1 rings (SSSR count). The Hall–Kier alpha value is -0.610. The predicted octanol–water partition coefficient (Wildman–Crippen LogP) is 1.36. The fourth-order valence-corrected chi connectivity index (χ4v) is 2.21. The third-order valence-corrected chi connectivity index (χ3v) is 4.18. The van der Waals surface area contributed by atoms with Crippen molar-refractivity contribution in [3.8, 4) is 0 Å². The molecule has 2 unspecified atom stereocenters. The van der Waals surface area contributed by atoms with Crippen LogP contribution in [0, 0.1) is 0 Å². The van der Waals surface area contributed by atoms with Crippen molar-refractivity contribution in [3.05, 3.63) is 0 Å². The lowest BCUT2D eigenvalue weighted by Crippen LogP contribution is -2.55. The smallest absolute Gasteiger partial charge is 0.237 e. The molecule has 1 fully saturated rings. The van der Waals surface area contributed by atoms with Crippen LogP contribution in [0.1, 0.15) is 47.0 Å². The number of hydrogen-bond donors (Lipinski definition) is 2. The summed E-state index contributed by atoms with van der Waals surface area (Å²) in [5, 5.41) is 6.52. The second-order valence-corrected chi connectivity index (χ2v) is 6.07. The molecule has 0 aromatic rings. The van der Waals surface area contributed by atoms with Crippen molar-refractivity contribution in [2.75, 3.05) is 20.1 Å². The molecule has 0 aromatic carbocycles. The Balaban J connectivity index is 2.51. The number of rotatable bonds is 5. The van der Waals surface area contributed by atoms with Gasteiger partial charge in [0.1, 0.15) is 0 Å². The first kappa shape index (κ1) is 15.4. The maximum Gasteiger partial charge on any atom is 0.237 e. The number of hydrogen-bond acceptors (Lipinski definition) is 3. The summed E-state index contributed by atoms with van der Waals surface area (Å²) < 4.78 is 0. The number of likely N-dealkylation sites (N-methyl/N-ethyl adjacent to an activating group) is 1. The van der Waals surface area contributed by atoms with E-state index in [9.17, 15) is 4.79 Å². The number of piperidine rings is 1. The fourth-order valence-electron chi connectivity index (χ4n) is 2.21. The van der Waals surface area contributed by atoms with Gasteiger partial charge in [-0.05, 0) is 53.6 Å². The zero-order valence-corrected chi connectivity index (χ0v) is 12.5. The molecule has 4 heteroatoms. The Morgan fingerprint density at radius 3 is 2.72 bits per heavy atom. The van der Waals surface area contributed by atoms with E-state index in [1.165, 1.54) is 12.8 Å². The molecule has 1 amide bonds. The lowest BCUT2D eigenvalue weighted by Gasteiger charge is -2.36. The summed E-state index contributed by atoms with van der Waals surface area (Å²) in [6.07, 6.45) is 3.32. The molecular weight excluding hydrogens is 226 g/mol. The first-order valence-corrected chi connectivity index (χ1v) is 7.12. The van der Waals surface area contributed by atoms with Gasteiger partial charge in [0.2, 0.25) is 5.91 Å². The summed E-state index contributed by atoms with van der Waals surface area (Å²) in [6, 6.07) is 0.407. The van der Waals surface area contributed by atoms with E-state index in [0.717, 1.165) is 19.5 Å². The predicted molar refractivity (Wildman–Crippen MR) is 75.6 cm³/mol. The molecule has 4 nitrogen and oxygen atoms in total. The largest absolute Gasteiger partial charge is 0.350 e. The van der Waals surface area contributed by atoms with E-state index in [1.807, 2.05) is 6.92 Å². The molecule has 2 N–H and O–H groups in total. The molecule has 2 atom stereocenters. The van der Waals surface area contributed by atoms with Crippen LogP contribution >= 0.6 is 0 Å². The van der Waals surface area contributed by atoms with Crippen LogP contribution in [0.25, 0.3) is 0 Å². The van der Waals surface area contributed by atoms with Gasteiger partial charge in [-0.1, -0.05) is 6.92 Å². The van der Waals surface area contributed by atoms with Crippen LogP contribution in [0.3, 0.4) is 0 Å². The second kappa shape index (κ2) is 6.53. The lowest BCUT2D eigenvalue weighted by atomic mass is 10.0. The first-order valence-electron chi connectivity index (χ1n) is 7.12. The molecule has 0 radical (unpaired) electrons. The fraction of sp³-hybridized carbons (Fsp3) is 0.929. The van der Waals surface area contributed by atoms with Gasteiger partial charge in [0.15, 0.2) is 0 Å². The quantitative estimate of drug-likeness (QED) is 0.780. The van der Waals surface area contributed by atoms with E-state index in [4.69, 9.17) is 0 Å². The van der Waals surface area contributed by atoms with Crippen LogP contribution in [-0.4, -0.2) is 48.6 Å². The highest BCUT2D eigenvalue weighted by Crippen LogP contribution is 2.13. The molecule has 18 heavy (non-hydrogen) atoms. The minimum absolute atomic E-state index is 0.0688. The van der Waals surface area contributed by atoms with Gasteiger partial charge in [-0.2, -0.15) is 0 Å².